The lowest BCUT2D eigenvalue weighted by Crippen LogP contribution is -2.27. The lowest BCUT2D eigenvalue weighted by Gasteiger charge is -2.24. The summed E-state index contributed by atoms with van der Waals surface area (Å²) in [5.41, 5.74) is 1.29. The van der Waals surface area contributed by atoms with E-state index in [1.54, 1.807) is 12.3 Å². The molecule has 0 bridgehead atoms. The molecule has 2 rings (SSSR count). The minimum atomic E-state index is -0.863. The molecule has 1 unspecified atom stereocenters. The van der Waals surface area contributed by atoms with Crippen molar-refractivity contribution in [2.75, 3.05) is 19.3 Å². The van der Waals surface area contributed by atoms with Crippen molar-refractivity contribution in [2.45, 2.75) is 30.6 Å². The molecule has 1 saturated heterocycles. The molecule has 0 aliphatic carbocycles. The Bertz CT molecular complexity index is 397. The first-order valence-corrected chi connectivity index (χ1v) is 7.96. The van der Waals surface area contributed by atoms with Gasteiger partial charge in [0.2, 0.25) is 0 Å². The van der Waals surface area contributed by atoms with Crippen LogP contribution in [0.5, 0.6) is 0 Å². The van der Waals surface area contributed by atoms with Gasteiger partial charge in [-0.1, -0.05) is 24.3 Å². The Balaban J connectivity index is 0.000000492. The van der Waals surface area contributed by atoms with Crippen LogP contribution in [0.4, 0.5) is 0 Å². The lowest BCUT2D eigenvalue weighted by atomic mass is 9.90. The average molecular weight is 265 g/mol. The Kier molecular flexibility index (Phi) is 6.91. The fourth-order valence-corrected chi connectivity index (χ4v) is 3.05. The second-order valence-corrected chi connectivity index (χ2v) is 5.77. The van der Waals surface area contributed by atoms with E-state index in [1.807, 2.05) is 25.1 Å². The quantitative estimate of drug-likeness (QED) is 0.833. The van der Waals surface area contributed by atoms with Gasteiger partial charge in [0, 0.05) is 11.2 Å². The van der Waals surface area contributed by atoms with Crippen LogP contribution < -0.4 is 5.32 Å². The van der Waals surface area contributed by atoms with Gasteiger partial charge in [-0.15, -0.1) is 6.58 Å². The molecule has 18 heavy (non-hydrogen) atoms. The van der Waals surface area contributed by atoms with Gasteiger partial charge in [0.25, 0.3) is 0 Å². The smallest absolute Gasteiger partial charge is 0.0501 e. The summed E-state index contributed by atoms with van der Waals surface area (Å²) in [4.78, 5) is 1.02. The molecule has 1 aliphatic heterocycles. The van der Waals surface area contributed by atoms with Crippen LogP contribution in [0.3, 0.4) is 0 Å². The van der Waals surface area contributed by atoms with E-state index in [0.29, 0.717) is 5.92 Å². The van der Waals surface area contributed by atoms with E-state index in [-0.39, 0.29) is 0 Å². The Morgan fingerprint density at radius 2 is 1.89 bits per heavy atom. The summed E-state index contributed by atoms with van der Waals surface area (Å²) in [6.45, 7) is 7.41. The molecule has 1 atom stereocenters. The first kappa shape index (κ1) is 15.1. The third kappa shape index (κ3) is 4.39. The van der Waals surface area contributed by atoms with Gasteiger partial charge in [-0.25, -0.2) is 0 Å². The molecule has 1 heterocycles. The molecule has 3 heteroatoms. The van der Waals surface area contributed by atoms with Gasteiger partial charge in [-0.2, -0.15) is 0 Å². The van der Waals surface area contributed by atoms with Crippen molar-refractivity contribution < 1.29 is 4.21 Å². The fourth-order valence-electron chi connectivity index (χ4n) is 2.21. The summed E-state index contributed by atoms with van der Waals surface area (Å²) in [5.74, 6) is 0.589. The number of allylic oxidation sites excluding steroid dienone is 1. The number of hydrogen-bond acceptors (Lipinski definition) is 2. The largest absolute Gasteiger partial charge is 0.317 e. The van der Waals surface area contributed by atoms with Crippen LogP contribution in [0.2, 0.25) is 0 Å². The predicted octanol–water partition coefficient (Wildman–Crippen LogP) is 3.08. The highest BCUT2D eigenvalue weighted by molar-refractivity contribution is 7.84. The molecule has 1 aliphatic rings. The normalized spacial score (nSPS) is 17.4. The average Bonchev–Trinajstić information content (AvgIpc) is 2.40. The molecule has 1 aromatic carbocycles. The van der Waals surface area contributed by atoms with Crippen molar-refractivity contribution in [3.8, 4) is 0 Å². The van der Waals surface area contributed by atoms with Crippen LogP contribution in [0, 0.1) is 0 Å². The third-order valence-corrected chi connectivity index (χ3v) is 4.00. The number of rotatable bonds is 2. The molecule has 0 spiro atoms. The SMILES string of the molecule is C=CC.CS(=O)c1ccccc1C1CCNCC1. The van der Waals surface area contributed by atoms with E-state index in [1.165, 1.54) is 5.56 Å². The van der Waals surface area contributed by atoms with Crippen molar-refractivity contribution in [2.24, 2.45) is 0 Å². The van der Waals surface area contributed by atoms with E-state index in [4.69, 9.17) is 0 Å². The molecule has 0 amide bonds. The van der Waals surface area contributed by atoms with E-state index in [2.05, 4.69) is 18.0 Å². The second-order valence-electron chi connectivity index (χ2n) is 4.42. The number of hydrogen-bond donors (Lipinski definition) is 1. The first-order valence-electron chi connectivity index (χ1n) is 6.40. The number of nitrogens with one attached hydrogen (secondary N) is 1. The summed E-state index contributed by atoms with van der Waals surface area (Å²) in [5, 5.41) is 3.36. The molecule has 1 N–H and O–H groups in total. The van der Waals surface area contributed by atoms with Crippen LogP contribution in [0.1, 0.15) is 31.2 Å². The maximum atomic E-state index is 11.6. The lowest BCUT2D eigenvalue weighted by molar-refractivity contribution is 0.456. The summed E-state index contributed by atoms with van der Waals surface area (Å²) >= 11 is 0. The standard InChI is InChI=1S/C12H17NOS.C3H6/c1-15(14)12-5-3-2-4-11(12)10-6-8-13-9-7-10;1-3-2/h2-5,10,13H,6-9H2,1H3;3H,1H2,2H3. The molecule has 0 saturated carbocycles. The number of benzene rings is 1. The molecular formula is C15H23NOS. The van der Waals surface area contributed by atoms with Crippen LogP contribution in [0.25, 0.3) is 0 Å². The van der Waals surface area contributed by atoms with Gasteiger partial charge in [0.15, 0.2) is 0 Å². The Hall–Kier alpha value is -0.930. The van der Waals surface area contributed by atoms with E-state index >= 15 is 0 Å². The van der Waals surface area contributed by atoms with E-state index in [9.17, 15) is 4.21 Å². The summed E-state index contributed by atoms with van der Waals surface area (Å²) < 4.78 is 11.6. The summed E-state index contributed by atoms with van der Waals surface area (Å²) in [6, 6.07) is 8.15. The zero-order valence-corrected chi connectivity index (χ0v) is 12.1. The molecule has 0 radical (unpaired) electrons. The zero-order chi connectivity index (χ0) is 13.4. The highest BCUT2D eigenvalue weighted by Gasteiger charge is 2.18. The predicted molar refractivity (Wildman–Crippen MR) is 79.5 cm³/mol. The molecule has 1 fully saturated rings. The van der Waals surface area contributed by atoms with Gasteiger partial charge in [0.05, 0.1) is 10.8 Å². The van der Waals surface area contributed by atoms with Gasteiger partial charge in [-0.3, -0.25) is 4.21 Å². The van der Waals surface area contributed by atoms with Gasteiger partial charge >= 0.3 is 0 Å². The summed E-state index contributed by atoms with van der Waals surface area (Å²) in [7, 11) is -0.863. The molecule has 100 valence electrons. The van der Waals surface area contributed by atoms with Crippen molar-refractivity contribution >= 4 is 10.8 Å². The van der Waals surface area contributed by atoms with Gasteiger partial charge < -0.3 is 5.32 Å². The molecule has 1 aromatic rings. The van der Waals surface area contributed by atoms with E-state index in [0.717, 1.165) is 30.8 Å². The second kappa shape index (κ2) is 8.22. The topological polar surface area (TPSA) is 29.1 Å². The highest BCUT2D eigenvalue weighted by atomic mass is 32.2. The Morgan fingerprint density at radius 1 is 1.33 bits per heavy atom. The third-order valence-electron chi connectivity index (χ3n) is 3.01. The minimum absolute atomic E-state index is 0.589. The molecule has 2 nitrogen and oxygen atoms in total. The van der Waals surface area contributed by atoms with Crippen LogP contribution >= 0.6 is 0 Å². The molecule has 0 aromatic heterocycles. The van der Waals surface area contributed by atoms with Crippen LogP contribution in [0.15, 0.2) is 41.8 Å². The Morgan fingerprint density at radius 3 is 2.44 bits per heavy atom. The zero-order valence-electron chi connectivity index (χ0n) is 11.3. The monoisotopic (exact) mass is 265 g/mol. The van der Waals surface area contributed by atoms with Crippen molar-refractivity contribution in [3.05, 3.63) is 42.5 Å². The summed E-state index contributed by atoms with van der Waals surface area (Å²) in [6.07, 6.45) is 5.84. The maximum Gasteiger partial charge on any atom is 0.0501 e. The van der Waals surface area contributed by atoms with E-state index < -0.39 is 10.8 Å². The highest BCUT2D eigenvalue weighted by Crippen LogP contribution is 2.29. The van der Waals surface area contributed by atoms with Gasteiger partial charge in [0.1, 0.15) is 0 Å². The van der Waals surface area contributed by atoms with Crippen LogP contribution in [-0.4, -0.2) is 23.6 Å². The molecular weight excluding hydrogens is 242 g/mol. The first-order chi connectivity index (χ1) is 8.70. The van der Waals surface area contributed by atoms with Crippen molar-refractivity contribution in [1.29, 1.82) is 0 Å². The Labute approximate surface area is 113 Å². The minimum Gasteiger partial charge on any atom is -0.317 e. The van der Waals surface area contributed by atoms with Crippen molar-refractivity contribution in [1.82, 2.24) is 5.32 Å². The van der Waals surface area contributed by atoms with Gasteiger partial charge in [-0.05, 0) is 50.4 Å². The van der Waals surface area contributed by atoms with Crippen LogP contribution in [-0.2, 0) is 10.8 Å². The maximum absolute atomic E-state index is 11.6. The number of piperidine rings is 1. The fraction of sp³-hybridized carbons (Fsp3) is 0.467. The van der Waals surface area contributed by atoms with Crippen molar-refractivity contribution in [3.63, 3.8) is 0 Å².